The minimum atomic E-state index is -0.607. The molecule has 1 N–H and O–H groups in total. The summed E-state index contributed by atoms with van der Waals surface area (Å²) >= 11 is 0. The van der Waals surface area contributed by atoms with E-state index in [2.05, 4.69) is 29.0 Å². The van der Waals surface area contributed by atoms with Gasteiger partial charge in [0.2, 0.25) is 0 Å². The van der Waals surface area contributed by atoms with Crippen molar-refractivity contribution in [2.75, 3.05) is 31.6 Å². The Morgan fingerprint density at radius 3 is 2.26 bits per heavy atom. The highest BCUT2D eigenvalue weighted by Crippen LogP contribution is 2.28. The molecule has 31 heavy (non-hydrogen) atoms. The summed E-state index contributed by atoms with van der Waals surface area (Å²) in [6.45, 7) is 9.08. The lowest BCUT2D eigenvalue weighted by Gasteiger charge is -2.39. The Balaban J connectivity index is 1.45. The van der Waals surface area contributed by atoms with Gasteiger partial charge in [-0.15, -0.1) is 0 Å². The van der Waals surface area contributed by atoms with Crippen LogP contribution < -0.4 is 9.64 Å². The Bertz CT molecular complexity index is 838. The quantitative estimate of drug-likeness (QED) is 0.600. The molecular weight excluding hydrogens is 388 g/mol. The van der Waals surface area contributed by atoms with Crippen molar-refractivity contribution >= 4 is 11.5 Å². The van der Waals surface area contributed by atoms with Gasteiger partial charge in [-0.25, -0.2) is 0 Å². The first-order valence-electron chi connectivity index (χ1n) is 11.3. The molecule has 0 spiro atoms. The number of nitrogens with zero attached hydrogens (tertiary/aromatic N) is 2. The molecule has 5 heteroatoms. The van der Waals surface area contributed by atoms with Crippen molar-refractivity contribution in [2.45, 2.75) is 58.3 Å². The third kappa shape index (κ3) is 6.81. The van der Waals surface area contributed by atoms with Crippen LogP contribution in [0.25, 0.3) is 0 Å². The van der Waals surface area contributed by atoms with E-state index in [1.165, 1.54) is 5.56 Å². The second kappa shape index (κ2) is 10.3. The lowest BCUT2D eigenvalue weighted by molar-refractivity contribution is -0.0275. The highest BCUT2D eigenvalue weighted by atomic mass is 16.5. The van der Waals surface area contributed by atoms with Gasteiger partial charge in [-0.3, -0.25) is 9.69 Å². The normalized spacial score (nSPS) is 16.3. The fourth-order valence-electron chi connectivity index (χ4n) is 4.04. The van der Waals surface area contributed by atoms with Crippen LogP contribution in [0.5, 0.6) is 5.75 Å². The number of likely N-dealkylation sites (tertiary alicyclic amines) is 1. The van der Waals surface area contributed by atoms with Crippen LogP contribution in [0.1, 0.15) is 56.0 Å². The largest absolute Gasteiger partial charge is 0.491 e. The van der Waals surface area contributed by atoms with Crippen molar-refractivity contribution in [2.24, 2.45) is 0 Å². The van der Waals surface area contributed by atoms with Gasteiger partial charge >= 0.3 is 0 Å². The van der Waals surface area contributed by atoms with Crippen molar-refractivity contribution in [1.29, 1.82) is 0 Å². The zero-order valence-corrected chi connectivity index (χ0v) is 19.3. The molecule has 3 rings (SSSR count). The molecular formula is C26H36N2O3. The molecule has 1 aliphatic rings. The molecule has 2 aromatic carbocycles. The summed E-state index contributed by atoms with van der Waals surface area (Å²) in [7, 11) is 2.07. The number of carbonyl (C=O) groups is 1. The summed E-state index contributed by atoms with van der Waals surface area (Å²) in [4.78, 5) is 16.0. The van der Waals surface area contributed by atoms with Crippen molar-refractivity contribution in [1.82, 2.24) is 4.90 Å². The maximum absolute atomic E-state index is 11.4. The Kier molecular flexibility index (Phi) is 7.74. The van der Waals surface area contributed by atoms with Gasteiger partial charge in [-0.1, -0.05) is 24.3 Å². The fraction of sp³-hybridized carbons (Fsp3) is 0.500. The van der Waals surface area contributed by atoms with Gasteiger partial charge in [0.05, 0.1) is 11.7 Å². The maximum Gasteiger partial charge on any atom is 0.159 e. The monoisotopic (exact) mass is 424 g/mol. The average Bonchev–Trinajstić information content (AvgIpc) is 2.74. The number of Topliss-reactive ketones (excluding diaryl/α,β-unsaturated/α-hetero) is 1. The number of hydrogen-bond donors (Lipinski definition) is 1. The van der Waals surface area contributed by atoms with Gasteiger partial charge in [0, 0.05) is 44.5 Å². The standard InChI is InChI=1S/C26H36N2O3/c1-20(2)31-25-11-9-24(10-12-25)27(4)16-13-26(30)14-17-28(18-15-26)19-22-5-7-23(8-6-22)21(3)29/h5-12,20,30H,13-19H2,1-4H3. The second-order valence-electron chi connectivity index (χ2n) is 9.09. The van der Waals surface area contributed by atoms with E-state index >= 15 is 0 Å². The first-order chi connectivity index (χ1) is 14.7. The molecule has 1 saturated heterocycles. The maximum atomic E-state index is 11.4. The summed E-state index contributed by atoms with van der Waals surface area (Å²) < 4.78 is 5.71. The van der Waals surface area contributed by atoms with E-state index in [0.29, 0.717) is 0 Å². The molecule has 1 heterocycles. The van der Waals surface area contributed by atoms with E-state index in [4.69, 9.17) is 4.74 Å². The number of anilines is 1. The first-order valence-corrected chi connectivity index (χ1v) is 11.3. The van der Waals surface area contributed by atoms with E-state index < -0.39 is 5.60 Å². The molecule has 1 aliphatic heterocycles. The number of carbonyl (C=O) groups excluding carboxylic acids is 1. The summed E-state index contributed by atoms with van der Waals surface area (Å²) in [6.07, 6.45) is 2.50. The van der Waals surface area contributed by atoms with Crippen LogP contribution in [-0.4, -0.2) is 54.2 Å². The zero-order chi connectivity index (χ0) is 22.4. The summed E-state index contributed by atoms with van der Waals surface area (Å²) in [5.74, 6) is 0.980. The van der Waals surface area contributed by atoms with E-state index in [1.807, 2.05) is 50.2 Å². The average molecular weight is 425 g/mol. The van der Waals surface area contributed by atoms with Crippen molar-refractivity contribution in [3.8, 4) is 5.75 Å². The Hall–Kier alpha value is -2.37. The number of aliphatic hydroxyl groups is 1. The van der Waals surface area contributed by atoms with Crippen molar-refractivity contribution < 1.29 is 14.6 Å². The Labute approximate surface area is 186 Å². The van der Waals surface area contributed by atoms with Crippen LogP contribution in [0.4, 0.5) is 5.69 Å². The summed E-state index contributed by atoms with van der Waals surface area (Å²) in [5, 5.41) is 11.1. The smallest absolute Gasteiger partial charge is 0.159 e. The van der Waals surface area contributed by atoms with Gasteiger partial charge < -0.3 is 14.7 Å². The predicted molar refractivity (Wildman–Crippen MR) is 126 cm³/mol. The van der Waals surface area contributed by atoms with Gasteiger partial charge in [0.15, 0.2) is 5.78 Å². The molecule has 0 atom stereocenters. The molecule has 0 unspecified atom stereocenters. The predicted octanol–water partition coefficient (Wildman–Crippen LogP) is 4.53. The van der Waals surface area contributed by atoms with Gasteiger partial charge in [0.25, 0.3) is 0 Å². The summed E-state index contributed by atoms with van der Waals surface area (Å²) in [5.41, 5.74) is 2.48. The number of hydrogen-bond acceptors (Lipinski definition) is 5. The second-order valence-corrected chi connectivity index (χ2v) is 9.09. The number of ketones is 1. The number of benzene rings is 2. The van der Waals surface area contributed by atoms with Crippen LogP contribution >= 0.6 is 0 Å². The number of rotatable bonds is 9. The molecule has 0 bridgehead atoms. The van der Waals surface area contributed by atoms with Gasteiger partial charge in [-0.05, 0) is 69.9 Å². The van der Waals surface area contributed by atoms with Crippen LogP contribution in [-0.2, 0) is 6.54 Å². The fourth-order valence-corrected chi connectivity index (χ4v) is 4.04. The molecule has 168 valence electrons. The molecule has 1 fully saturated rings. The Morgan fingerprint density at radius 1 is 1.10 bits per heavy atom. The lowest BCUT2D eigenvalue weighted by atomic mass is 9.88. The molecule has 2 aromatic rings. The third-order valence-corrected chi connectivity index (χ3v) is 6.12. The van der Waals surface area contributed by atoms with Crippen molar-refractivity contribution in [3.05, 3.63) is 59.7 Å². The molecule has 0 saturated carbocycles. The zero-order valence-electron chi connectivity index (χ0n) is 19.3. The topological polar surface area (TPSA) is 53.0 Å². The van der Waals surface area contributed by atoms with Crippen LogP contribution in [0.2, 0.25) is 0 Å². The third-order valence-electron chi connectivity index (χ3n) is 6.12. The summed E-state index contributed by atoms with van der Waals surface area (Å²) in [6, 6.07) is 16.0. The molecule has 0 aliphatic carbocycles. The van der Waals surface area contributed by atoms with Crippen molar-refractivity contribution in [3.63, 3.8) is 0 Å². The highest BCUT2D eigenvalue weighted by molar-refractivity contribution is 5.94. The minimum absolute atomic E-state index is 0.0967. The molecule has 0 amide bonds. The van der Waals surface area contributed by atoms with Crippen LogP contribution in [0, 0.1) is 0 Å². The SMILES string of the molecule is CC(=O)c1ccc(CN2CCC(O)(CCN(C)c3ccc(OC(C)C)cc3)CC2)cc1. The molecule has 5 nitrogen and oxygen atoms in total. The minimum Gasteiger partial charge on any atom is -0.491 e. The lowest BCUT2D eigenvalue weighted by Crippen LogP contribution is -2.45. The number of piperidine rings is 1. The molecule has 0 aromatic heterocycles. The van der Waals surface area contributed by atoms with E-state index in [9.17, 15) is 9.90 Å². The highest BCUT2D eigenvalue weighted by Gasteiger charge is 2.32. The number of ether oxygens (including phenoxy) is 1. The van der Waals surface area contributed by atoms with E-state index in [-0.39, 0.29) is 11.9 Å². The van der Waals surface area contributed by atoms with Crippen LogP contribution in [0.15, 0.2) is 48.5 Å². The van der Waals surface area contributed by atoms with E-state index in [1.54, 1.807) is 6.92 Å². The Morgan fingerprint density at radius 2 is 1.71 bits per heavy atom. The van der Waals surface area contributed by atoms with E-state index in [0.717, 1.165) is 62.4 Å². The van der Waals surface area contributed by atoms with Crippen LogP contribution in [0.3, 0.4) is 0 Å². The van der Waals surface area contributed by atoms with Gasteiger partial charge in [-0.2, -0.15) is 0 Å². The first kappa shape index (κ1) is 23.3. The molecule has 0 radical (unpaired) electrons. The van der Waals surface area contributed by atoms with Gasteiger partial charge in [0.1, 0.15) is 5.75 Å².